The lowest BCUT2D eigenvalue weighted by Gasteiger charge is -2.26. The Morgan fingerprint density at radius 3 is 2.38 bits per heavy atom. The van der Waals surface area contributed by atoms with E-state index in [-0.39, 0.29) is 23.6 Å². The number of nitro benzene ring substituents is 1. The Morgan fingerprint density at radius 2 is 1.84 bits per heavy atom. The van der Waals surface area contributed by atoms with Crippen molar-refractivity contribution in [3.63, 3.8) is 0 Å². The maximum atomic E-state index is 13.0. The van der Waals surface area contributed by atoms with E-state index in [0.29, 0.717) is 29.0 Å². The minimum Gasteiger partial charge on any atom is -0.507 e. The van der Waals surface area contributed by atoms with Gasteiger partial charge in [0.1, 0.15) is 11.5 Å². The standard InChI is InChI=1S/C23H25N3O6/c1-14-13-17(32-4)9-10-18(14)21(27)19-20(15-5-7-16(8-6-15)26(30)31)25(12-11-24(2)3)23(29)22(19)28/h5-10,13,20,27H,11-12H2,1-4H3/t20-/m0/s1. The molecule has 0 radical (unpaired) electrons. The summed E-state index contributed by atoms with van der Waals surface area (Å²) in [5.41, 5.74) is 1.43. The van der Waals surface area contributed by atoms with Gasteiger partial charge in [-0.1, -0.05) is 0 Å². The van der Waals surface area contributed by atoms with E-state index in [1.54, 1.807) is 25.1 Å². The largest absolute Gasteiger partial charge is 0.507 e. The Balaban J connectivity index is 2.16. The van der Waals surface area contributed by atoms with Crippen LogP contribution in [0.1, 0.15) is 22.7 Å². The topological polar surface area (TPSA) is 113 Å². The summed E-state index contributed by atoms with van der Waals surface area (Å²) in [4.78, 5) is 39.7. The summed E-state index contributed by atoms with van der Waals surface area (Å²) in [7, 11) is 5.22. The SMILES string of the molecule is COc1ccc(C(O)=C2C(=O)C(=O)N(CCN(C)C)[C@H]2c2ccc([N+](=O)[O-])cc2)c(C)c1. The zero-order valence-corrected chi connectivity index (χ0v) is 18.4. The van der Waals surface area contributed by atoms with Crippen molar-refractivity contribution < 1.29 is 24.4 Å². The average Bonchev–Trinajstić information content (AvgIpc) is 3.01. The molecular weight excluding hydrogens is 414 g/mol. The summed E-state index contributed by atoms with van der Waals surface area (Å²) in [5, 5.41) is 22.2. The second-order valence-corrected chi connectivity index (χ2v) is 7.83. The molecule has 1 saturated heterocycles. The van der Waals surface area contributed by atoms with Gasteiger partial charge in [-0.25, -0.2) is 0 Å². The van der Waals surface area contributed by atoms with Crippen LogP contribution in [0.5, 0.6) is 5.75 Å². The molecule has 1 amide bonds. The van der Waals surface area contributed by atoms with Crippen LogP contribution in [0.15, 0.2) is 48.0 Å². The molecule has 1 N–H and O–H groups in total. The van der Waals surface area contributed by atoms with E-state index in [4.69, 9.17) is 4.74 Å². The Bertz CT molecular complexity index is 1090. The van der Waals surface area contributed by atoms with Crippen molar-refractivity contribution in [2.24, 2.45) is 0 Å². The molecule has 0 saturated carbocycles. The van der Waals surface area contributed by atoms with E-state index in [1.807, 2.05) is 19.0 Å². The number of carbonyl (C=O) groups is 2. The number of aliphatic hydroxyl groups is 1. The fourth-order valence-corrected chi connectivity index (χ4v) is 3.72. The van der Waals surface area contributed by atoms with Crippen molar-refractivity contribution in [3.05, 3.63) is 74.8 Å². The van der Waals surface area contributed by atoms with Gasteiger partial charge in [-0.3, -0.25) is 19.7 Å². The number of nitrogens with zero attached hydrogens (tertiary/aromatic N) is 3. The van der Waals surface area contributed by atoms with Gasteiger partial charge in [-0.2, -0.15) is 0 Å². The Labute approximate surface area is 185 Å². The molecule has 0 spiro atoms. The third-order valence-electron chi connectivity index (χ3n) is 5.44. The van der Waals surface area contributed by atoms with Crippen LogP contribution >= 0.6 is 0 Å². The molecule has 1 aliphatic rings. The number of Topliss-reactive ketones (excluding diaryl/α,β-unsaturated/α-hetero) is 1. The first kappa shape index (κ1) is 23.0. The number of amides is 1. The second kappa shape index (κ2) is 9.19. The number of carbonyl (C=O) groups excluding carboxylic acids is 2. The Hall–Kier alpha value is -3.72. The maximum Gasteiger partial charge on any atom is 0.295 e. The van der Waals surface area contributed by atoms with Gasteiger partial charge in [0, 0.05) is 30.8 Å². The molecule has 9 nitrogen and oxygen atoms in total. The van der Waals surface area contributed by atoms with Crippen LogP contribution in [0, 0.1) is 17.0 Å². The van der Waals surface area contributed by atoms with Gasteiger partial charge in [0.25, 0.3) is 17.4 Å². The van der Waals surface area contributed by atoms with Gasteiger partial charge in [0.2, 0.25) is 0 Å². The van der Waals surface area contributed by atoms with Crippen LogP contribution in [-0.2, 0) is 9.59 Å². The summed E-state index contributed by atoms with van der Waals surface area (Å²) >= 11 is 0. The summed E-state index contributed by atoms with van der Waals surface area (Å²) in [6, 6.07) is 9.79. The van der Waals surface area contributed by atoms with Crippen molar-refractivity contribution in [1.82, 2.24) is 9.80 Å². The first-order valence-corrected chi connectivity index (χ1v) is 9.98. The first-order valence-electron chi connectivity index (χ1n) is 9.98. The van der Waals surface area contributed by atoms with E-state index < -0.39 is 22.7 Å². The quantitative estimate of drug-likeness (QED) is 0.232. The van der Waals surface area contributed by atoms with Crippen molar-refractivity contribution in [2.45, 2.75) is 13.0 Å². The lowest BCUT2D eigenvalue weighted by molar-refractivity contribution is -0.384. The number of aryl methyl sites for hydroxylation is 1. The maximum absolute atomic E-state index is 13.0. The summed E-state index contributed by atoms with van der Waals surface area (Å²) in [6.07, 6.45) is 0. The average molecular weight is 439 g/mol. The van der Waals surface area contributed by atoms with E-state index in [2.05, 4.69) is 0 Å². The summed E-state index contributed by atoms with van der Waals surface area (Å²) < 4.78 is 5.20. The number of hydrogen-bond donors (Lipinski definition) is 1. The number of ketones is 1. The van der Waals surface area contributed by atoms with Crippen molar-refractivity contribution in [1.29, 1.82) is 0 Å². The molecule has 0 bridgehead atoms. The smallest absolute Gasteiger partial charge is 0.295 e. The molecule has 168 valence electrons. The molecule has 3 rings (SSSR count). The molecule has 0 aromatic heterocycles. The summed E-state index contributed by atoms with van der Waals surface area (Å²) in [6.45, 7) is 2.51. The van der Waals surface area contributed by atoms with Gasteiger partial charge in [-0.05, 0) is 62.5 Å². The number of nitro groups is 1. The predicted molar refractivity (Wildman–Crippen MR) is 118 cm³/mol. The molecule has 1 heterocycles. The number of methoxy groups -OCH3 is 1. The molecule has 0 aliphatic carbocycles. The van der Waals surface area contributed by atoms with Gasteiger partial charge in [0.05, 0.1) is 23.6 Å². The van der Waals surface area contributed by atoms with Crippen LogP contribution in [0.4, 0.5) is 5.69 Å². The number of ether oxygens (including phenoxy) is 1. The number of likely N-dealkylation sites (tertiary alicyclic amines) is 1. The van der Waals surface area contributed by atoms with Crippen LogP contribution < -0.4 is 4.74 Å². The minimum absolute atomic E-state index is 0.0455. The third-order valence-corrected chi connectivity index (χ3v) is 5.44. The zero-order chi connectivity index (χ0) is 23.6. The van der Waals surface area contributed by atoms with Gasteiger partial charge in [-0.15, -0.1) is 0 Å². The molecule has 9 heteroatoms. The molecule has 0 unspecified atom stereocenters. The fourth-order valence-electron chi connectivity index (χ4n) is 3.72. The number of hydrogen-bond acceptors (Lipinski definition) is 7. The van der Waals surface area contributed by atoms with E-state index in [9.17, 15) is 24.8 Å². The van der Waals surface area contributed by atoms with E-state index in [1.165, 1.54) is 36.3 Å². The lowest BCUT2D eigenvalue weighted by Crippen LogP contribution is -2.35. The van der Waals surface area contributed by atoms with Gasteiger partial charge >= 0.3 is 0 Å². The van der Waals surface area contributed by atoms with Gasteiger partial charge < -0.3 is 19.6 Å². The highest BCUT2D eigenvalue weighted by Crippen LogP contribution is 2.40. The van der Waals surface area contributed by atoms with Crippen molar-refractivity contribution >= 4 is 23.1 Å². The minimum atomic E-state index is -0.864. The molecule has 2 aromatic carbocycles. The molecule has 32 heavy (non-hydrogen) atoms. The van der Waals surface area contributed by atoms with Crippen LogP contribution in [0.25, 0.3) is 5.76 Å². The molecular formula is C23H25N3O6. The highest BCUT2D eigenvalue weighted by Gasteiger charge is 2.46. The number of non-ortho nitro benzene ring substituents is 1. The fraction of sp³-hybridized carbons (Fsp3) is 0.304. The molecule has 1 fully saturated rings. The number of benzene rings is 2. The number of aliphatic hydroxyl groups excluding tert-OH is 1. The van der Waals surface area contributed by atoms with E-state index >= 15 is 0 Å². The zero-order valence-electron chi connectivity index (χ0n) is 18.4. The Morgan fingerprint density at radius 1 is 1.19 bits per heavy atom. The first-order chi connectivity index (χ1) is 15.1. The second-order valence-electron chi connectivity index (χ2n) is 7.83. The summed E-state index contributed by atoms with van der Waals surface area (Å²) in [5.74, 6) is -1.21. The van der Waals surface area contributed by atoms with Crippen LogP contribution in [0.2, 0.25) is 0 Å². The van der Waals surface area contributed by atoms with Gasteiger partial charge in [0.15, 0.2) is 0 Å². The number of likely N-dealkylation sites (N-methyl/N-ethyl adjacent to an activating group) is 1. The van der Waals surface area contributed by atoms with Crippen LogP contribution in [0.3, 0.4) is 0 Å². The molecule has 1 atom stereocenters. The van der Waals surface area contributed by atoms with Crippen molar-refractivity contribution in [2.75, 3.05) is 34.3 Å². The Kier molecular flexibility index (Phi) is 6.59. The highest BCUT2D eigenvalue weighted by atomic mass is 16.6. The van der Waals surface area contributed by atoms with E-state index in [0.717, 1.165) is 0 Å². The highest BCUT2D eigenvalue weighted by molar-refractivity contribution is 6.46. The molecule has 2 aromatic rings. The van der Waals surface area contributed by atoms with Crippen molar-refractivity contribution in [3.8, 4) is 5.75 Å². The number of rotatable bonds is 7. The predicted octanol–water partition coefficient (Wildman–Crippen LogP) is 2.90. The lowest BCUT2D eigenvalue weighted by atomic mass is 9.93. The third kappa shape index (κ3) is 4.33. The normalized spacial score (nSPS) is 17.8. The van der Waals surface area contributed by atoms with Crippen LogP contribution in [-0.4, -0.2) is 65.8 Å². The molecule has 1 aliphatic heterocycles. The monoisotopic (exact) mass is 439 g/mol.